The summed E-state index contributed by atoms with van der Waals surface area (Å²) in [4.78, 5) is 53.7. The van der Waals surface area contributed by atoms with Crippen molar-refractivity contribution in [3.05, 3.63) is 67.1 Å². The van der Waals surface area contributed by atoms with Crippen molar-refractivity contribution in [2.45, 2.75) is 25.8 Å². The third kappa shape index (κ3) is 5.62. The summed E-state index contributed by atoms with van der Waals surface area (Å²) in [5, 5.41) is 12.3. The van der Waals surface area contributed by atoms with Crippen LogP contribution in [0.15, 0.2) is 67.1 Å². The van der Waals surface area contributed by atoms with E-state index in [9.17, 15) is 14.4 Å². The Morgan fingerprint density at radius 3 is 2.51 bits per heavy atom. The Labute approximate surface area is 248 Å². The lowest BCUT2D eigenvalue weighted by Crippen LogP contribution is -2.52. The second-order valence-corrected chi connectivity index (χ2v) is 10.4. The highest BCUT2D eigenvalue weighted by molar-refractivity contribution is 6.21. The van der Waals surface area contributed by atoms with Gasteiger partial charge in [0.2, 0.25) is 5.91 Å². The number of hydrogen-bond donors (Lipinski definition) is 3. The molecule has 0 saturated carbocycles. The van der Waals surface area contributed by atoms with Crippen LogP contribution in [0, 0.1) is 17.2 Å². The number of urea groups is 1. The minimum Gasteiger partial charge on any atom is -0.397 e. The van der Waals surface area contributed by atoms with Crippen LogP contribution in [-0.2, 0) is 4.79 Å². The molecule has 220 valence electrons. The molecule has 4 aromatic rings. The zero-order valence-electron chi connectivity index (χ0n) is 23.8. The highest BCUT2D eigenvalue weighted by Gasteiger charge is 2.34. The first kappa shape index (κ1) is 28.9. The van der Waals surface area contributed by atoms with Crippen molar-refractivity contribution in [3.8, 4) is 6.07 Å². The number of para-hydroxylation sites is 4. The van der Waals surface area contributed by atoms with Crippen molar-refractivity contribution in [2.24, 2.45) is 5.92 Å². The van der Waals surface area contributed by atoms with Gasteiger partial charge in [0.15, 0.2) is 5.65 Å². The maximum atomic E-state index is 14.1. The number of carbonyl (C=O) groups is 3. The van der Waals surface area contributed by atoms with Crippen molar-refractivity contribution >= 4 is 57.6 Å². The zero-order chi connectivity index (χ0) is 30.7. The van der Waals surface area contributed by atoms with Crippen LogP contribution in [0.5, 0.6) is 0 Å². The first-order chi connectivity index (χ1) is 20.7. The second-order valence-electron chi connectivity index (χ2n) is 10.4. The Balaban J connectivity index is 1.50. The molecule has 3 heterocycles. The van der Waals surface area contributed by atoms with Crippen molar-refractivity contribution in [1.82, 2.24) is 19.4 Å². The summed E-state index contributed by atoms with van der Waals surface area (Å²) in [6.07, 6.45) is 3.49. The van der Waals surface area contributed by atoms with Gasteiger partial charge in [-0.3, -0.25) is 9.36 Å². The van der Waals surface area contributed by atoms with Crippen LogP contribution in [0.25, 0.3) is 11.0 Å². The number of nitriles is 1. The third-order valence-corrected chi connectivity index (χ3v) is 7.77. The molecule has 1 fully saturated rings. The number of benzene rings is 2. The van der Waals surface area contributed by atoms with E-state index in [1.54, 1.807) is 59.5 Å². The molecular weight excluding hydrogens is 548 g/mol. The van der Waals surface area contributed by atoms with Crippen molar-refractivity contribution in [2.75, 3.05) is 46.7 Å². The summed E-state index contributed by atoms with van der Waals surface area (Å²) >= 11 is 0. The minimum absolute atomic E-state index is 0.0868. The fourth-order valence-electron chi connectivity index (χ4n) is 5.37. The van der Waals surface area contributed by atoms with E-state index in [-0.39, 0.29) is 41.3 Å². The molecule has 0 unspecified atom stereocenters. The molecule has 43 heavy (non-hydrogen) atoms. The molecule has 0 aliphatic carbocycles. The largest absolute Gasteiger partial charge is 0.397 e. The summed E-state index contributed by atoms with van der Waals surface area (Å²) < 4.78 is 1.27. The van der Waals surface area contributed by atoms with E-state index < -0.39 is 12.1 Å². The van der Waals surface area contributed by atoms with Crippen LogP contribution >= 0.6 is 0 Å². The number of fused-ring (bicyclic) bond motifs is 1. The average molecular weight is 581 g/mol. The fraction of sp³-hybridized carbons (Fsp3) is 0.267. The number of anilines is 5. The predicted molar refractivity (Wildman–Crippen MR) is 164 cm³/mol. The number of likely N-dealkylation sites (tertiary alicyclic amines) is 1. The molecule has 0 radical (unpaired) electrons. The number of nitrogens with two attached hydrogens (primary N) is 2. The van der Waals surface area contributed by atoms with Crippen LogP contribution in [0.4, 0.5) is 38.2 Å². The van der Waals surface area contributed by atoms with Gasteiger partial charge in [0.1, 0.15) is 18.6 Å². The Hall–Kier alpha value is -5.64. The number of nitrogens with one attached hydrogen (secondary N) is 1. The summed E-state index contributed by atoms with van der Waals surface area (Å²) in [6, 6.07) is 15.4. The van der Waals surface area contributed by atoms with Gasteiger partial charge in [-0.15, -0.1) is 0 Å². The normalized spacial score (nSPS) is 16.3. The Bertz CT molecular complexity index is 1730. The number of imide groups is 1. The van der Waals surface area contributed by atoms with Crippen molar-refractivity contribution in [3.63, 3.8) is 0 Å². The van der Waals surface area contributed by atoms with Gasteiger partial charge in [0.25, 0.3) is 0 Å². The molecule has 13 heteroatoms. The number of likely N-dealkylation sites (N-methyl/N-ethyl adjacent to an activating group) is 1. The molecule has 1 aliphatic rings. The molecule has 5 N–H and O–H groups in total. The molecule has 4 amide bonds. The fourth-order valence-corrected chi connectivity index (χ4v) is 5.37. The minimum atomic E-state index is -0.757. The number of rotatable bonds is 5. The lowest BCUT2D eigenvalue weighted by atomic mass is 9.92. The molecule has 13 nitrogen and oxygen atoms in total. The van der Waals surface area contributed by atoms with Gasteiger partial charge in [0.05, 0.1) is 40.2 Å². The van der Waals surface area contributed by atoms with E-state index in [4.69, 9.17) is 16.7 Å². The van der Waals surface area contributed by atoms with E-state index >= 15 is 0 Å². The SMILES string of the molecule is C[C@@H]1CCN(C(=O)CC#N)C[C@@H]1N(C)c1ncnc2c1ccn2C(=O)N(C(=O)Nc1ccccc1N)c1ccccc1N. The molecule has 2 atom stereocenters. The number of aromatic nitrogens is 3. The predicted octanol–water partition coefficient (Wildman–Crippen LogP) is 3.89. The number of amides is 4. The monoisotopic (exact) mass is 580 g/mol. The van der Waals surface area contributed by atoms with E-state index in [2.05, 4.69) is 22.2 Å². The number of hydrogen-bond acceptors (Lipinski definition) is 9. The molecule has 1 aliphatic heterocycles. The second kappa shape index (κ2) is 12.1. The molecule has 5 rings (SSSR count). The maximum absolute atomic E-state index is 14.1. The van der Waals surface area contributed by atoms with Gasteiger partial charge in [-0.2, -0.15) is 5.26 Å². The summed E-state index contributed by atoms with van der Waals surface area (Å²) in [6.45, 7) is 3.14. The number of carbonyl (C=O) groups excluding carboxylic acids is 3. The van der Waals surface area contributed by atoms with E-state index in [0.717, 1.165) is 11.3 Å². The van der Waals surface area contributed by atoms with Crippen LogP contribution in [0.1, 0.15) is 19.8 Å². The molecule has 2 aromatic carbocycles. The average Bonchev–Trinajstić information content (AvgIpc) is 3.44. The van der Waals surface area contributed by atoms with Gasteiger partial charge >= 0.3 is 12.1 Å². The van der Waals surface area contributed by atoms with E-state index in [0.29, 0.717) is 35.7 Å². The Morgan fingerprint density at radius 1 is 1.07 bits per heavy atom. The zero-order valence-corrected chi connectivity index (χ0v) is 23.8. The standard InChI is InChI=1S/C30H32N10O3/c1-19-12-15-38(26(41)11-14-31)17-25(19)37(2)27-20-13-16-39(28(20)35-18-34-27)30(43)40(24-10-6-4-8-22(24)33)29(42)36-23-9-5-3-7-21(23)32/h3-10,13,16,18-19,25H,11-12,15,17,32-33H2,1-2H3,(H,36,42)/t19-,25+/m1/s1. The highest BCUT2D eigenvalue weighted by Crippen LogP contribution is 2.31. The van der Waals surface area contributed by atoms with Crippen molar-refractivity contribution in [1.29, 1.82) is 5.26 Å². The summed E-state index contributed by atoms with van der Waals surface area (Å²) in [5.41, 5.74) is 13.6. The first-order valence-electron chi connectivity index (χ1n) is 13.7. The van der Waals surface area contributed by atoms with Gasteiger partial charge < -0.3 is 26.6 Å². The maximum Gasteiger partial charge on any atom is 0.342 e. The molecule has 2 aromatic heterocycles. The quantitative estimate of drug-likeness (QED) is 0.295. The van der Waals surface area contributed by atoms with E-state index in [1.165, 1.54) is 17.1 Å². The van der Waals surface area contributed by atoms with Gasteiger partial charge in [-0.05, 0) is 42.7 Å². The number of piperidine rings is 1. The van der Waals surface area contributed by atoms with Crippen LogP contribution in [0.3, 0.4) is 0 Å². The van der Waals surface area contributed by atoms with Crippen LogP contribution < -0.4 is 26.6 Å². The van der Waals surface area contributed by atoms with Gasteiger partial charge in [-0.1, -0.05) is 31.2 Å². The molecule has 1 saturated heterocycles. The van der Waals surface area contributed by atoms with Crippen molar-refractivity contribution < 1.29 is 14.4 Å². The summed E-state index contributed by atoms with van der Waals surface area (Å²) in [7, 11) is 1.88. The van der Waals surface area contributed by atoms with Gasteiger partial charge in [0, 0.05) is 26.3 Å². The highest BCUT2D eigenvalue weighted by atomic mass is 16.2. The first-order valence-corrected chi connectivity index (χ1v) is 13.7. The lowest BCUT2D eigenvalue weighted by molar-refractivity contribution is -0.131. The Morgan fingerprint density at radius 2 is 1.79 bits per heavy atom. The van der Waals surface area contributed by atoms with Crippen LogP contribution in [0.2, 0.25) is 0 Å². The third-order valence-electron chi connectivity index (χ3n) is 7.77. The molecular formula is C30H32N10O3. The smallest absolute Gasteiger partial charge is 0.342 e. The number of nitrogens with zero attached hydrogens (tertiary/aromatic N) is 7. The topological polar surface area (TPSA) is 180 Å². The van der Waals surface area contributed by atoms with Crippen LogP contribution in [-0.4, -0.2) is 63.6 Å². The molecule has 0 spiro atoms. The van der Waals surface area contributed by atoms with Gasteiger partial charge in [-0.25, -0.2) is 24.5 Å². The lowest BCUT2D eigenvalue weighted by Gasteiger charge is -2.42. The summed E-state index contributed by atoms with van der Waals surface area (Å²) in [5.74, 6) is 0.596. The van der Waals surface area contributed by atoms with E-state index in [1.807, 2.05) is 18.0 Å². The number of nitrogen functional groups attached to an aromatic ring is 2. The molecule has 0 bridgehead atoms. The Kier molecular flexibility index (Phi) is 8.11.